The number of amides is 1. The lowest BCUT2D eigenvalue weighted by molar-refractivity contribution is -0.174. The number of hydrogen-bond acceptors (Lipinski definition) is 3. The number of ether oxygens (including phenoxy) is 1. The maximum atomic E-state index is 11.8. The molecule has 1 aromatic rings. The first-order valence-electron chi connectivity index (χ1n) is 6.96. The van der Waals surface area contributed by atoms with E-state index in [1.807, 2.05) is 37.3 Å². The van der Waals surface area contributed by atoms with Crippen LogP contribution in [0.1, 0.15) is 18.9 Å². The second-order valence-electron chi connectivity index (χ2n) is 4.75. The van der Waals surface area contributed by atoms with Crippen molar-refractivity contribution in [2.45, 2.75) is 30.5 Å². The number of rotatable bonds is 9. The van der Waals surface area contributed by atoms with Crippen molar-refractivity contribution in [3.63, 3.8) is 0 Å². The van der Waals surface area contributed by atoms with Crippen LogP contribution in [0.5, 0.6) is 0 Å². The second-order valence-corrected chi connectivity index (χ2v) is 6.08. The average molecular weight is 335 g/mol. The van der Waals surface area contributed by atoms with Gasteiger partial charge in [-0.15, -0.1) is 11.8 Å². The average Bonchev–Trinajstić information content (AvgIpc) is 2.48. The molecule has 0 fully saturated rings. The van der Waals surface area contributed by atoms with Gasteiger partial charge in [-0.1, -0.05) is 30.3 Å². The summed E-state index contributed by atoms with van der Waals surface area (Å²) in [6.45, 7) is 0.853. The van der Waals surface area contributed by atoms with Crippen molar-refractivity contribution < 1.29 is 22.7 Å². The number of benzene rings is 1. The summed E-state index contributed by atoms with van der Waals surface area (Å²) < 4.78 is 39.9. The van der Waals surface area contributed by atoms with Crippen LogP contribution in [0.4, 0.5) is 13.2 Å². The summed E-state index contributed by atoms with van der Waals surface area (Å²) >= 11 is 1.52. The summed E-state index contributed by atoms with van der Waals surface area (Å²) in [5, 5.41) is 2.48. The van der Waals surface area contributed by atoms with Gasteiger partial charge in [0.2, 0.25) is 5.91 Å². The molecule has 0 heterocycles. The molecule has 1 rings (SSSR count). The van der Waals surface area contributed by atoms with Gasteiger partial charge >= 0.3 is 6.18 Å². The topological polar surface area (TPSA) is 38.3 Å². The van der Waals surface area contributed by atoms with Crippen molar-refractivity contribution in [1.29, 1.82) is 0 Å². The molecule has 0 radical (unpaired) electrons. The van der Waals surface area contributed by atoms with Crippen LogP contribution in [-0.4, -0.2) is 37.1 Å². The first-order chi connectivity index (χ1) is 10.4. The highest BCUT2D eigenvalue weighted by Crippen LogP contribution is 2.17. The first-order valence-corrected chi connectivity index (χ1v) is 8.01. The number of hydrogen-bond donors (Lipinski definition) is 1. The van der Waals surface area contributed by atoms with Crippen molar-refractivity contribution in [3.8, 4) is 0 Å². The molecule has 1 N–H and O–H groups in total. The van der Waals surface area contributed by atoms with Gasteiger partial charge < -0.3 is 10.1 Å². The molecule has 22 heavy (non-hydrogen) atoms. The lowest BCUT2D eigenvalue weighted by Gasteiger charge is -2.12. The maximum absolute atomic E-state index is 11.8. The van der Waals surface area contributed by atoms with Gasteiger partial charge in [-0.2, -0.15) is 13.2 Å². The Balaban J connectivity index is 2.09. The third kappa shape index (κ3) is 8.94. The minimum atomic E-state index is -4.30. The molecule has 124 valence electrons. The molecule has 1 amide bonds. The normalized spacial score (nSPS) is 12.9. The van der Waals surface area contributed by atoms with Gasteiger partial charge in [-0.05, 0) is 18.9 Å². The molecule has 1 unspecified atom stereocenters. The van der Waals surface area contributed by atoms with Crippen molar-refractivity contribution >= 4 is 17.7 Å². The molecule has 0 spiro atoms. The van der Waals surface area contributed by atoms with Crippen LogP contribution in [0.15, 0.2) is 30.3 Å². The predicted octanol–water partition coefficient (Wildman–Crippen LogP) is 3.39. The largest absolute Gasteiger partial charge is 0.411 e. The van der Waals surface area contributed by atoms with E-state index in [-0.39, 0.29) is 17.8 Å². The Morgan fingerprint density at radius 1 is 1.32 bits per heavy atom. The Bertz CT molecular complexity index is 440. The lowest BCUT2D eigenvalue weighted by Crippen LogP contribution is -2.32. The molecule has 0 aliphatic rings. The van der Waals surface area contributed by atoms with Gasteiger partial charge in [0.1, 0.15) is 6.61 Å². The Morgan fingerprint density at radius 2 is 2.00 bits per heavy atom. The number of thioether (sulfide) groups is 1. The minimum absolute atomic E-state index is 0.0225. The highest BCUT2D eigenvalue weighted by molar-refractivity contribution is 7.99. The SMILES string of the molecule is CC(SCc1ccccc1)C(=O)NCCCOCC(F)(F)F. The van der Waals surface area contributed by atoms with Gasteiger partial charge in [-0.3, -0.25) is 4.79 Å². The Kier molecular flexibility index (Phi) is 8.34. The minimum Gasteiger partial charge on any atom is -0.372 e. The Labute approximate surface area is 132 Å². The molecule has 0 aromatic heterocycles. The molecule has 0 bridgehead atoms. The van der Waals surface area contributed by atoms with E-state index in [0.29, 0.717) is 13.0 Å². The Morgan fingerprint density at radius 3 is 2.64 bits per heavy atom. The van der Waals surface area contributed by atoms with Crippen LogP contribution in [0.25, 0.3) is 0 Å². The van der Waals surface area contributed by atoms with Gasteiger partial charge in [0.25, 0.3) is 0 Å². The first kappa shape index (κ1) is 18.8. The molecule has 3 nitrogen and oxygen atoms in total. The van der Waals surface area contributed by atoms with E-state index in [1.54, 1.807) is 0 Å². The molecular weight excluding hydrogens is 315 g/mol. The zero-order valence-corrected chi connectivity index (χ0v) is 13.2. The maximum Gasteiger partial charge on any atom is 0.411 e. The number of nitrogens with one attached hydrogen (secondary N) is 1. The quantitative estimate of drug-likeness (QED) is 0.703. The number of alkyl halides is 3. The summed E-state index contributed by atoms with van der Waals surface area (Å²) in [7, 11) is 0. The third-order valence-electron chi connectivity index (χ3n) is 2.74. The van der Waals surface area contributed by atoms with E-state index in [1.165, 1.54) is 11.8 Å². The molecule has 1 aromatic carbocycles. The molecule has 7 heteroatoms. The number of carbonyl (C=O) groups excluding carboxylic acids is 1. The highest BCUT2D eigenvalue weighted by Gasteiger charge is 2.27. The highest BCUT2D eigenvalue weighted by atomic mass is 32.2. The van der Waals surface area contributed by atoms with Crippen molar-refractivity contribution in [1.82, 2.24) is 5.32 Å². The van der Waals surface area contributed by atoms with Crippen LogP contribution in [0.3, 0.4) is 0 Å². The van der Waals surface area contributed by atoms with Crippen LogP contribution in [0, 0.1) is 0 Å². The predicted molar refractivity (Wildman–Crippen MR) is 81.7 cm³/mol. The van der Waals surface area contributed by atoms with Crippen LogP contribution in [-0.2, 0) is 15.3 Å². The third-order valence-corrected chi connectivity index (χ3v) is 3.96. The number of carbonyl (C=O) groups is 1. The van der Waals surface area contributed by atoms with E-state index >= 15 is 0 Å². The molecule has 1 atom stereocenters. The van der Waals surface area contributed by atoms with Crippen LogP contribution >= 0.6 is 11.8 Å². The smallest absolute Gasteiger partial charge is 0.372 e. The van der Waals surface area contributed by atoms with E-state index in [0.717, 1.165) is 11.3 Å². The van der Waals surface area contributed by atoms with E-state index < -0.39 is 12.8 Å². The fourth-order valence-electron chi connectivity index (χ4n) is 1.59. The summed E-state index contributed by atoms with van der Waals surface area (Å²) in [5.74, 6) is 0.626. The van der Waals surface area contributed by atoms with Gasteiger partial charge in [0.15, 0.2) is 0 Å². The summed E-state index contributed by atoms with van der Waals surface area (Å²) in [6, 6.07) is 9.82. The Hall–Kier alpha value is -1.21. The molecule has 0 saturated carbocycles. The zero-order valence-electron chi connectivity index (χ0n) is 12.4. The van der Waals surface area contributed by atoms with Crippen molar-refractivity contribution in [2.75, 3.05) is 19.8 Å². The van der Waals surface area contributed by atoms with Gasteiger partial charge in [0.05, 0.1) is 5.25 Å². The summed E-state index contributed by atoms with van der Waals surface area (Å²) in [5.41, 5.74) is 1.15. The lowest BCUT2D eigenvalue weighted by atomic mass is 10.2. The van der Waals surface area contributed by atoms with Gasteiger partial charge in [0, 0.05) is 18.9 Å². The monoisotopic (exact) mass is 335 g/mol. The fourth-order valence-corrected chi connectivity index (χ4v) is 2.46. The van der Waals surface area contributed by atoms with E-state index in [9.17, 15) is 18.0 Å². The van der Waals surface area contributed by atoms with E-state index in [2.05, 4.69) is 10.1 Å². The second kappa shape index (κ2) is 9.74. The van der Waals surface area contributed by atoms with Crippen molar-refractivity contribution in [2.24, 2.45) is 0 Å². The van der Waals surface area contributed by atoms with Crippen LogP contribution in [0.2, 0.25) is 0 Å². The molecule has 0 aliphatic carbocycles. The fraction of sp³-hybridized carbons (Fsp3) is 0.533. The van der Waals surface area contributed by atoms with Crippen LogP contribution < -0.4 is 5.32 Å². The molecule has 0 aliphatic heterocycles. The van der Waals surface area contributed by atoms with Crippen molar-refractivity contribution in [3.05, 3.63) is 35.9 Å². The molecule has 0 saturated heterocycles. The van der Waals surface area contributed by atoms with Gasteiger partial charge in [-0.25, -0.2) is 0 Å². The molecular formula is C15H20F3NO2S. The summed E-state index contributed by atoms with van der Waals surface area (Å²) in [6.07, 6.45) is -3.94. The number of halogens is 3. The zero-order chi connectivity index (χ0) is 16.4. The summed E-state index contributed by atoms with van der Waals surface area (Å²) in [4.78, 5) is 11.8. The van der Waals surface area contributed by atoms with E-state index in [4.69, 9.17) is 0 Å². The standard InChI is InChI=1S/C15H20F3NO2S/c1-12(22-10-13-6-3-2-4-7-13)14(20)19-8-5-9-21-11-15(16,17)18/h2-4,6-7,12H,5,8-11H2,1H3,(H,19,20).